The number of hydrogen-bond acceptors (Lipinski definition) is 4. The third-order valence-electron chi connectivity index (χ3n) is 3.29. The highest BCUT2D eigenvalue weighted by molar-refractivity contribution is 5.81. The standard InChI is InChI=1S/C18H32N2O4/c1-7-9-23-14(5)17(21)19-12-16(11-13(3)4)20-18(22)15(6)24-10-8-2/h7-8,13-16H,1-2,9-12H2,3-6H3,(H,19,21)(H,20,22). The molecule has 2 amide bonds. The van der Waals surface area contributed by atoms with Gasteiger partial charge in [0.1, 0.15) is 12.2 Å². The van der Waals surface area contributed by atoms with Gasteiger partial charge in [0.2, 0.25) is 11.8 Å². The first-order chi connectivity index (χ1) is 11.3. The molecule has 0 saturated carbocycles. The molecule has 0 heterocycles. The predicted octanol–water partition coefficient (Wildman–Crippen LogP) is 1.82. The molecule has 0 spiro atoms. The molecule has 0 aromatic carbocycles. The van der Waals surface area contributed by atoms with Crippen molar-refractivity contribution >= 4 is 11.8 Å². The highest BCUT2D eigenvalue weighted by atomic mass is 16.5. The van der Waals surface area contributed by atoms with Crippen LogP contribution in [0.1, 0.15) is 34.1 Å². The van der Waals surface area contributed by atoms with Crippen LogP contribution in [0, 0.1) is 5.92 Å². The Hall–Kier alpha value is -1.66. The van der Waals surface area contributed by atoms with Crippen LogP contribution in [0.15, 0.2) is 25.3 Å². The Morgan fingerprint density at radius 2 is 1.46 bits per heavy atom. The van der Waals surface area contributed by atoms with Gasteiger partial charge in [0.25, 0.3) is 0 Å². The van der Waals surface area contributed by atoms with Crippen LogP contribution in [0.4, 0.5) is 0 Å². The molecule has 24 heavy (non-hydrogen) atoms. The largest absolute Gasteiger partial charge is 0.365 e. The zero-order valence-electron chi connectivity index (χ0n) is 15.3. The molecule has 0 aliphatic carbocycles. The molecule has 0 radical (unpaired) electrons. The third-order valence-corrected chi connectivity index (χ3v) is 3.29. The fourth-order valence-corrected chi connectivity index (χ4v) is 2.02. The third kappa shape index (κ3) is 10.2. The SMILES string of the molecule is C=CCOC(C)C(=O)NCC(CC(C)C)NC(=O)C(C)OCC=C. The monoisotopic (exact) mass is 340 g/mol. The summed E-state index contributed by atoms with van der Waals surface area (Å²) in [6.07, 6.45) is 2.81. The van der Waals surface area contributed by atoms with E-state index in [1.807, 2.05) is 0 Å². The maximum atomic E-state index is 12.1. The Bertz CT molecular complexity index is 410. The van der Waals surface area contributed by atoms with E-state index in [0.717, 1.165) is 6.42 Å². The van der Waals surface area contributed by atoms with Gasteiger partial charge in [0.15, 0.2) is 0 Å². The van der Waals surface area contributed by atoms with E-state index >= 15 is 0 Å². The molecule has 0 aliphatic heterocycles. The number of rotatable bonds is 13. The first kappa shape index (κ1) is 22.3. The number of nitrogens with one attached hydrogen (secondary N) is 2. The lowest BCUT2D eigenvalue weighted by molar-refractivity contribution is -0.133. The molecular formula is C18H32N2O4. The van der Waals surface area contributed by atoms with E-state index in [1.54, 1.807) is 26.0 Å². The Kier molecular flexibility index (Phi) is 11.8. The van der Waals surface area contributed by atoms with Gasteiger partial charge in [-0.3, -0.25) is 9.59 Å². The van der Waals surface area contributed by atoms with Crippen molar-refractivity contribution in [2.45, 2.75) is 52.4 Å². The van der Waals surface area contributed by atoms with Gasteiger partial charge in [0, 0.05) is 12.6 Å². The Morgan fingerprint density at radius 1 is 0.958 bits per heavy atom. The summed E-state index contributed by atoms with van der Waals surface area (Å²) in [4.78, 5) is 24.1. The number of ether oxygens (including phenoxy) is 2. The van der Waals surface area contributed by atoms with Crippen LogP contribution in [0.3, 0.4) is 0 Å². The number of hydrogen-bond donors (Lipinski definition) is 2. The van der Waals surface area contributed by atoms with Crippen LogP contribution in [0.2, 0.25) is 0 Å². The highest BCUT2D eigenvalue weighted by Gasteiger charge is 2.20. The normalized spacial score (nSPS) is 14.5. The average Bonchev–Trinajstić information content (AvgIpc) is 2.54. The summed E-state index contributed by atoms with van der Waals surface area (Å²) in [6, 6.07) is -0.164. The topological polar surface area (TPSA) is 76.7 Å². The van der Waals surface area contributed by atoms with Crippen molar-refractivity contribution in [3.8, 4) is 0 Å². The second-order valence-electron chi connectivity index (χ2n) is 6.11. The summed E-state index contributed by atoms with van der Waals surface area (Å²) < 4.78 is 10.6. The van der Waals surface area contributed by atoms with Crippen LogP contribution in [0.25, 0.3) is 0 Å². The van der Waals surface area contributed by atoms with Crippen molar-refractivity contribution in [2.24, 2.45) is 5.92 Å². The molecule has 0 aliphatic rings. The molecule has 2 N–H and O–H groups in total. The van der Waals surface area contributed by atoms with Crippen LogP contribution in [0.5, 0.6) is 0 Å². The van der Waals surface area contributed by atoms with Gasteiger partial charge in [-0.2, -0.15) is 0 Å². The fraction of sp³-hybridized carbons (Fsp3) is 0.667. The molecule has 138 valence electrons. The minimum Gasteiger partial charge on any atom is -0.365 e. The van der Waals surface area contributed by atoms with E-state index < -0.39 is 12.2 Å². The van der Waals surface area contributed by atoms with Gasteiger partial charge < -0.3 is 20.1 Å². The molecule has 3 atom stereocenters. The quantitative estimate of drug-likeness (QED) is 0.501. The van der Waals surface area contributed by atoms with Gasteiger partial charge in [0.05, 0.1) is 13.2 Å². The summed E-state index contributed by atoms with van der Waals surface area (Å²) >= 11 is 0. The number of carbonyl (C=O) groups is 2. The summed E-state index contributed by atoms with van der Waals surface area (Å²) in [5.41, 5.74) is 0. The minimum absolute atomic E-state index is 0.164. The lowest BCUT2D eigenvalue weighted by Gasteiger charge is -2.23. The van der Waals surface area contributed by atoms with Gasteiger partial charge in [-0.15, -0.1) is 13.2 Å². The number of carbonyl (C=O) groups excluding carboxylic acids is 2. The maximum Gasteiger partial charge on any atom is 0.249 e. The number of amides is 2. The Balaban J connectivity index is 4.49. The van der Waals surface area contributed by atoms with Crippen LogP contribution >= 0.6 is 0 Å². The zero-order valence-corrected chi connectivity index (χ0v) is 15.3. The molecule has 0 bridgehead atoms. The van der Waals surface area contributed by atoms with Crippen molar-refractivity contribution in [2.75, 3.05) is 19.8 Å². The van der Waals surface area contributed by atoms with Crippen LogP contribution in [-0.4, -0.2) is 49.8 Å². The summed E-state index contributed by atoms with van der Waals surface area (Å²) in [5, 5.41) is 5.74. The van der Waals surface area contributed by atoms with E-state index in [1.165, 1.54) is 0 Å². The average molecular weight is 340 g/mol. The fourth-order valence-electron chi connectivity index (χ4n) is 2.02. The molecule has 0 aromatic rings. The van der Waals surface area contributed by atoms with E-state index in [-0.39, 0.29) is 17.9 Å². The van der Waals surface area contributed by atoms with Crippen LogP contribution < -0.4 is 10.6 Å². The van der Waals surface area contributed by atoms with E-state index in [4.69, 9.17) is 9.47 Å². The first-order valence-electron chi connectivity index (χ1n) is 8.34. The van der Waals surface area contributed by atoms with Gasteiger partial charge in [-0.25, -0.2) is 0 Å². The minimum atomic E-state index is -0.566. The van der Waals surface area contributed by atoms with Crippen molar-refractivity contribution in [3.63, 3.8) is 0 Å². The summed E-state index contributed by atoms with van der Waals surface area (Å²) in [5.74, 6) is -0.0328. The summed E-state index contributed by atoms with van der Waals surface area (Å²) in [6.45, 7) is 15.6. The van der Waals surface area contributed by atoms with Crippen molar-refractivity contribution in [1.82, 2.24) is 10.6 Å². The van der Waals surface area contributed by atoms with Crippen molar-refractivity contribution in [3.05, 3.63) is 25.3 Å². The lowest BCUT2D eigenvalue weighted by Crippen LogP contribution is -2.49. The zero-order chi connectivity index (χ0) is 18.5. The molecule has 6 heteroatoms. The van der Waals surface area contributed by atoms with Crippen molar-refractivity contribution in [1.29, 1.82) is 0 Å². The molecule has 6 nitrogen and oxygen atoms in total. The molecule has 0 aromatic heterocycles. The molecule has 0 rings (SSSR count). The smallest absolute Gasteiger partial charge is 0.249 e. The molecule has 3 unspecified atom stereocenters. The Labute approximate surface area is 145 Å². The van der Waals surface area contributed by atoms with E-state index in [2.05, 4.69) is 37.6 Å². The summed E-state index contributed by atoms with van der Waals surface area (Å²) in [7, 11) is 0. The van der Waals surface area contributed by atoms with Gasteiger partial charge >= 0.3 is 0 Å². The van der Waals surface area contributed by atoms with E-state index in [0.29, 0.717) is 25.7 Å². The molecule has 0 fully saturated rings. The Morgan fingerprint density at radius 3 is 1.92 bits per heavy atom. The molecular weight excluding hydrogens is 308 g/mol. The highest BCUT2D eigenvalue weighted by Crippen LogP contribution is 2.05. The maximum absolute atomic E-state index is 12.1. The predicted molar refractivity (Wildman–Crippen MR) is 95.6 cm³/mol. The van der Waals surface area contributed by atoms with Gasteiger partial charge in [-0.05, 0) is 26.2 Å². The second kappa shape index (κ2) is 12.7. The van der Waals surface area contributed by atoms with Crippen molar-refractivity contribution < 1.29 is 19.1 Å². The van der Waals surface area contributed by atoms with Crippen LogP contribution in [-0.2, 0) is 19.1 Å². The van der Waals surface area contributed by atoms with E-state index in [9.17, 15) is 9.59 Å². The second-order valence-corrected chi connectivity index (χ2v) is 6.11. The molecule has 0 saturated heterocycles. The van der Waals surface area contributed by atoms with Gasteiger partial charge in [-0.1, -0.05) is 26.0 Å². The first-order valence-corrected chi connectivity index (χ1v) is 8.34. The lowest BCUT2D eigenvalue weighted by atomic mass is 10.0.